The van der Waals surface area contributed by atoms with Crippen molar-refractivity contribution >= 4 is 5.96 Å². The second kappa shape index (κ2) is 9.77. The number of rotatable bonds is 5. The zero-order valence-electron chi connectivity index (χ0n) is 16.4. The van der Waals surface area contributed by atoms with Gasteiger partial charge in [-0.3, -0.25) is 9.89 Å². The molecule has 2 aliphatic heterocycles. The van der Waals surface area contributed by atoms with Crippen molar-refractivity contribution in [2.75, 3.05) is 59.5 Å². The number of nitrogens with one attached hydrogen (secondary N) is 1. The zero-order chi connectivity index (χ0) is 17.5. The Hall–Kier alpha value is -0.810. The average molecular weight is 351 g/mol. The van der Waals surface area contributed by atoms with E-state index >= 15 is 0 Å². The van der Waals surface area contributed by atoms with Crippen LogP contribution in [0.1, 0.15) is 45.4 Å². The minimum Gasteiger partial charge on any atom is -0.379 e. The number of aliphatic imine (C=N–C) groups is 1. The summed E-state index contributed by atoms with van der Waals surface area (Å²) in [5.41, 5.74) is 0. The molecule has 1 aliphatic carbocycles. The van der Waals surface area contributed by atoms with Crippen LogP contribution in [0.2, 0.25) is 0 Å². The van der Waals surface area contributed by atoms with Gasteiger partial charge in [-0.1, -0.05) is 26.2 Å². The van der Waals surface area contributed by atoms with E-state index < -0.39 is 0 Å². The Morgan fingerprint density at radius 2 is 1.96 bits per heavy atom. The fourth-order valence-corrected chi connectivity index (χ4v) is 4.87. The van der Waals surface area contributed by atoms with Gasteiger partial charge in [0, 0.05) is 46.3 Å². The van der Waals surface area contributed by atoms with Crippen LogP contribution in [0.3, 0.4) is 0 Å². The first kappa shape index (κ1) is 19.0. The van der Waals surface area contributed by atoms with Crippen molar-refractivity contribution in [1.82, 2.24) is 15.1 Å². The molecule has 0 bridgehead atoms. The number of likely N-dealkylation sites (tertiary alicyclic amines) is 1. The predicted octanol–water partition coefficient (Wildman–Crippen LogP) is 2.43. The second-order valence-corrected chi connectivity index (χ2v) is 8.41. The Balaban J connectivity index is 1.36. The number of hydrogen-bond acceptors (Lipinski definition) is 3. The van der Waals surface area contributed by atoms with Crippen LogP contribution in [0.15, 0.2) is 4.99 Å². The monoisotopic (exact) mass is 350 g/mol. The number of nitrogens with zero attached hydrogens (tertiary/aromatic N) is 3. The lowest BCUT2D eigenvalue weighted by molar-refractivity contribution is 0.0315. The highest BCUT2D eigenvalue weighted by Crippen LogP contribution is 2.30. The first-order chi connectivity index (χ1) is 12.2. The number of ether oxygens (including phenoxy) is 1. The molecule has 0 aromatic heterocycles. The first-order valence-corrected chi connectivity index (χ1v) is 10.5. The minimum absolute atomic E-state index is 0.774. The van der Waals surface area contributed by atoms with Crippen LogP contribution < -0.4 is 5.32 Å². The summed E-state index contributed by atoms with van der Waals surface area (Å²) in [7, 11) is 1.93. The average Bonchev–Trinajstić information content (AvgIpc) is 3.08. The normalized spacial score (nSPS) is 32.2. The SMILES string of the molecule is CN=C(NCCC1CCCC(C)C1)N1CCC(CN2CCOCC2)C1. The molecular formula is C20H38N4O. The Morgan fingerprint density at radius 1 is 1.12 bits per heavy atom. The van der Waals surface area contributed by atoms with Crippen LogP contribution >= 0.6 is 0 Å². The molecule has 5 heteroatoms. The molecular weight excluding hydrogens is 312 g/mol. The lowest BCUT2D eigenvalue weighted by Gasteiger charge is -2.29. The summed E-state index contributed by atoms with van der Waals surface area (Å²) >= 11 is 0. The van der Waals surface area contributed by atoms with Crippen molar-refractivity contribution in [3.05, 3.63) is 0 Å². The fraction of sp³-hybridized carbons (Fsp3) is 0.950. The molecule has 3 atom stereocenters. The van der Waals surface area contributed by atoms with Gasteiger partial charge >= 0.3 is 0 Å². The van der Waals surface area contributed by atoms with Crippen molar-refractivity contribution in [2.45, 2.75) is 45.4 Å². The van der Waals surface area contributed by atoms with Crippen LogP contribution in [0.4, 0.5) is 0 Å². The standard InChI is InChI=1S/C20H38N4O/c1-17-4-3-5-18(14-17)6-8-22-20(21-2)24-9-7-19(16-24)15-23-10-12-25-13-11-23/h17-19H,3-16H2,1-2H3,(H,21,22). The molecule has 0 spiro atoms. The van der Waals surface area contributed by atoms with Gasteiger partial charge in [-0.15, -0.1) is 0 Å². The van der Waals surface area contributed by atoms with Crippen molar-refractivity contribution in [1.29, 1.82) is 0 Å². The number of guanidine groups is 1. The molecule has 1 N–H and O–H groups in total. The first-order valence-electron chi connectivity index (χ1n) is 10.5. The summed E-state index contributed by atoms with van der Waals surface area (Å²) in [5.74, 6) is 3.74. The van der Waals surface area contributed by atoms with Gasteiger partial charge in [0.15, 0.2) is 5.96 Å². The van der Waals surface area contributed by atoms with Gasteiger partial charge in [-0.2, -0.15) is 0 Å². The fourth-order valence-electron chi connectivity index (χ4n) is 4.87. The van der Waals surface area contributed by atoms with Crippen LogP contribution in [0.5, 0.6) is 0 Å². The summed E-state index contributed by atoms with van der Waals surface area (Å²) in [6.45, 7) is 11.0. The molecule has 3 unspecified atom stereocenters. The van der Waals surface area contributed by atoms with Gasteiger partial charge in [0.05, 0.1) is 13.2 Å². The maximum absolute atomic E-state index is 5.46. The summed E-state index contributed by atoms with van der Waals surface area (Å²) in [6.07, 6.45) is 8.30. The maximum atomic E-state index is 5.46. The quantitative estimate of drug-likeness (QED) is 0.611. The molecule has 2 saturated heterocycles. The topological polar surface area (TPSA) is 40.1 Å². The van der Waals surface area contributed by atoms with Gasteiger partial charge in [0.1, 0.15) is 0 Å². The van der Waals surface area contributed by atoms with Crippen molar-refractivity contribution in [2.24, 2.45) is 22.7 Å². The molecule has 0 amide bonds. The van der Waals surface area contributed by atoms with Gasteiger partial charge in [0.25, 0.3) is 0 Å². The van der Waals surface area contributed by atoms with Gasteiger partial charge in [-0.25, -0.2) is 0 Å². The lowest BCUT2D eigenvalue weighted by atomic mass is 9.81. The van der Waals surface area contributed by atoms with Crippen molar-refractivity contribution in [3.8, 4) is 0 Å². The van der Waals surface area contributed by atoms with Crippen LogP contribution in [-0.2, 0) is 4.74 Å². The van der Waals surface area contributed by atoms with E-state index in [0.717, 1.165) is 69.7 Å². The van der Waals surface area contributed by atoms with E-state index in [2.05, 4.69) is 27.0 Å². The van der Waals surface area contributed by atoms with Gasteiger partial charge < -0.3 is 15.0 Å². The van der Waals surface area contributed by atoms with E-state index in [-0.39, 0.29) is 0 Å². The van der Waals surface area contributed by atoms with Crippen molar-refractivity contribution in [3.63, 3.8) is 0 Å². The van der Waals surface area contributed by atoms with Crippen LogP contribution in [-0.4, -0.2) is 75.3 Å². The molecule has 144 valence electrons. The highest BCUT2D eigenvalue weighted by atomic mass is 16.5. The molecule has 5 nitrogen and oxygen atoms in total. The van der Waals surface area contributed by atoms with E-state index in [1.165, 1.54) is 45.1 Å². The predicted molar refractivity (Wildman–Crippen MR) is 104 cm³/mol. The molecule has 2 heterocycles. The van der Waals surface area contributed by atoms with E-state index in [9.17, 15) is 0 Å². The second-order valence-electron chi connectivity index (χ2n) is 8.41. The molecule has 3 rings (SSSR count). The Morgan fingerprint density at radius 3 is 2.72 bits per heavy atom. The third-order valence-corrected chi connectivity index (χ3v) is 6.30. The van der Waals surface area contributed by atoms with Gasteiger partial charge in [-0.05, 0) is 37.0 Å². The van der Waals surface area contributed by atoms with Crippen LogP contribution in [0.25, 0.3) is 0 Å². The molecule has 25 heavy (non-hydrogen) atoms. The highest BCUT2D eigenvalue weighted by molar-refractivity contribution is 5.80. The minimum atomic E-state index is 0.774. The van der Waals surface area contributed by atoms with Crippen molar-refractivity contribution < 1.29 is 4.74 Å². The highest BCUT2D eigenvalue weighted by Gasteiger charge is 2.27. The number of hydrogen-bond donors (Lipinski definition) is 1. The van der Waals surface area contributed by atoms with E-state index in [0.29, 0.717) is 0 Å². The summed E-state index contributed by atoms with van der Waals surface area (Å²) in [5, 5.41) is 3.64. The smallest absolute Gasteiger partial charge is 0.193 e. The largest absolute Gasteiger partial charge is 0.379 e. The molecule has 1 saturated carbocycles. The molecule has 0 aromatic rings. The molecule has 0 radical (unpaired) electrons. The Bertz CT molecular complexity index is 422. The summed E-state index contributed by atoms with van der Waals surface area (Å²) in [6, 6.07) is 0. The molecule has 3 aliphatic rings. The van der Waals surface area contributed by atoms with Crippen LogP contribution in [0, 0.1) is 17.8 Å². The Labute approximate surface area is 154 Å². The Kier molecular flexibility index (Phi) is 7.41. The molecule has 3 fully saturated rings. The third kappa shape index (κ3) is 5.85. The summed E-state index contributed by atoms with van der Waals surface area (Å²) < 4.78 is 5.46. The van der Waals surface area contributed by atoms with E-state index in [1.807, 2.05) is 7.05 Å². The van der Waals surface area contributed by atoms with Gasteiger partial charge in [0.2, 0.25) is 0 Å². The molecule has 0 aromatic carbocycles. The zero-order valence-corrected chi connectivity index (χ0v) is 16.4. The van der Waals surface area contributed by atoms with E-state index in [1.54, 1.807) is 0 Å². The maximum Gasteiger partial charge on any atom is 0.193 e. The summed E-state index contributed by atoms with van der Waals surface area (Å²) in [4.78, 5) is 9.58. The number of morpholine rings is 1. The van der Waals surface area contributed by atoms with E-state index in [4.69, 9.17) is 4.74 Å². The lowest BCUT2D eigenvalue weighted by Crippen LogP contribution is -2.42. The third-order valence-electron chi connectivity index (χ3n) is 6.30.